The highest BCUT2D eigenvalue weighted by atomic mass is 32.2. The molecule has 0 aliphatic carbocycles. The Morgan fingerprint density at radius 3 is 2.19 bits per heavy atom. The first-order chi connectivity index (χ1) is 7.71. The molecule has 1 unspecified atom stereocenters. The van der Waals surface area contributed by atoms with Crippen LogP contribution >= 0.6 is 11.8 Å². The lowest BCUT2D eigenvalue weighted by Gasteiger charge is -2.14. The van der Waals surface area contributed by atoms with Crippen molar-refractivity contribution in [3.8, 4) is 0 Å². The molecule has 1 aromatic carbocycles. The Bertz CT molecular complexity index is 317. The molecule has 3 heteroatoms. The third kappa shape index (κ3) is 3.67. The molecule has 0 radical (unpaired) electrons. The van der Waals surface area contributed by atoms with Crippen LogP contribution in [0.15, 0.2) is 41.8 Å². The molecule has 0 amide bonds. The van der Waals surface area contributed by atoms with Crippen LogP contribution in [0.5, 0.6) is 0 Å². The Morgan fingerprint density at radius 2 is 1.75 bits per heavy atom. The monoisotopic (exact) mass is 238 g/mol. The molecule has 0 heterocycles. The van der Waals surface area contributed by atoms with Gasteiger partial charge in [0.25, 0.3) is 0 Å². The Morgan fingerprint density at radius 1 is 1.19 bits per heavy atom. The molecule has 2 nitrogen and oxygen atoms in total. The molecule has 1 atom stereocenters. The Hall–Kier alpha value is -0.770. The zero-order valence-corrected chi connectivity index (χ0v) is 10.8. The van der Waals surface area contributed by atoms with E-state index in [1.807, 2.05) is 18.2 Å². The van der Waals surface area contributed by atoms with Crippen molar-refractivity contribution in [2.45, 2.75) is 23.4 Å². The summed E-state index contributed by atoms with van der Waals surface area (Å²) in [6, 6.07) is 8.20. The van der Waals surface area contributed by atoms with Crippen LogP contribution in [0.1, 0.15) is 18.8 Å². The number of thioether (sulfide) groups is 1. The zero-order valence-electron chi connectivity index (χ0n) is 9.97. The molecule has 88 valence electrons. The molecule has 1 aromatic rings. The number of rotatable bonds is 6. The molecule has 0 fully saturated rings. The van der Waals surface area contributed by atoms with Crippen LogP contribution in [0.4, 0.5) is 0 Å². The minimum absolute atomic E-state index is 0.282. The van der Waals surface area contributed by atoms with E-state index >= 15 is 0 Å². The summed E-state index contributed by atoms with van der Waals surface area (Å²) in [5.41, 5.74) is 1.03. The van der Waals surface area contributed by atoms with Gasteiger partial charge in [-0.25, -0.2) is 0 Å². The smallest absolute Gasteiger partial charge is 0.183 e. The third-order valence-corrected chi connectivity index (χ3v) is 3.34. The van der Waals surface area contributed by atoms with Gasteiger partial charge >= 0.3 is 0 Å². The van der Waals surface area contributed by atoms with Crippen molar-refractivity contribution in [1.29, 1.82) is 0 Å². The van der Waals surface area contributed by atoms with Gasteiger partial charge in [0.1, 0.15) is 0 Å². The lowest BCUT2D eigenvalue weighted by Crippen LogP contribution is -2.03. The summed E-state index contributed by atoms with van der Waals surface area (Å²) in [6.07, 6.45) is 1.65. The van der Waals surface area contributed by atoms with Gasteiger partial charge in [0.15, 0.2) is 6.29 Å². The molecule has 0 saturated carbocycles. The third-order valence-electron chi connectivity index (χ3n) is 2.23. The average Bonchev–Trinajstić information content (AvgIpc) is 2.32. The van der Waals surface area contributed by atoms with Crippen molar-refractivity contribution in [2.75, 3.05) is 14.2 Å². The van der Waals surface area contributed by atoms with Gasteiger partial charge in [-0.3, -0.25) is 0 Å². The summed E-state index contributed by atoms with van der Waals surface area (Å²) in [5, 5.41) is 0.423. The molecule has 16 heavy (non-hydrogen) atoms. The van der Waals surface area contributed by atoms with Gasteiger partial charge in [-0.1, -0.05) is 18.2 Å². The zero-order chi connectivity index (χ0) is 12.0. The van der Waals surface area contributed by atoms with E-state index in [-0.39, 0.29) is 6.29 Å². The number of benzene rings is 1. The van der Waals surface area contributed by atoms with Gasteiger partial charge in [0.05, 0.1) is 0 Å². The van der Waals surface area contributed by atoms with Gasteiger partial charge in [-0.2, -0.15) is 0 Å². The van der Waals surface area contributed by atoms with E-state index in [0.29, 0.717) is 5.25 Å². The number of hydrogen-bond donors (Lipinski definition) is 0. The highest BCUT2D eigenvalue weighted by Gasteiger charge is 2.08. The van der Waals surface area contributed by atoms with Crippen molar-refractivity contribution in [3.05, 3.63) is 42.5 Å². The van der Waals surface area contributed by atoms with Gasteiger partial charge in [-0.05, 0) is 19.1 Å². The maximum Gasteiger partial charge on any atom is 0.183 e. The van der Waals surface area contributed by atoms with E-state index in [0.717, 1.165) is 5.56 Å². The summed E-state index contributed by atoms with van der Waals surface area (Å²) in [6.45, 7) is 5.89. The normalized spacial score (nSPS) is 12.8. The fraction of sp³-hybridized carbons (Fsp3) is 0.385. The summed E-state index contributed by atoms with van der Waals surface area (Å²) >= 11 is 1.78. The lowest BCUT2D eigenvalue weighted by molar-refractivity contribution is -0.106. The summed E-state index contributed by atoms with van der Waals surface area (Å²) in [7, 11) is 3.27. The van der Waals surface area contributed by atoms with Crippen LogP contribution in [-0.4, -0.2) is 19.5 Å². The van der Waals surface area contributed by atoms with E-state index in [9.17, 15) is 0 Å². The summed E-state index contributed by atoms with van der Waals surface area (Å²) in [4.78, 5) is 1.22. The molecular weight excluding hydrogens is 220 g/mol. The fourth-order valence-corrected chi connectivity index (χ4v) is 2.15. The van der Waals surface area contributed by atoms with Gasteiger partial charge in [-0.15, -0.1) is 18.3 Å². The Kier molecular flexibility index (Phi) is 5.60. The topological polar surface area (TPSA) is 18.5 Å². The average molecular weight is 238 g/mol. The summed E-state index contributed by atoms with van der Waals surface area (Å²) in [5.74, 6) is 0. The number of hydrogen-bond acceptors (Lipinski definition) is 3. The van der Waals surface area contributed by atoms with Crippen molar-refractivity contribution in [3.63, 3.8) is 0 Å². The Labute approximate surface area is 102 Å². The molecule has 0 spiro atoms. The minimum atomic E-state index is -0.282. The van der Waals surface area contributed by atoms with E-state index in [4.69, 9.17) is 9.47 Å². The minimum Gasteiger partial charge on any atom is -0.352 e. The van der Waals surface area contributed by atoms with Crippen molar-refractivity contribution < 1.29 is 9.47 Å². The fourth-order valence-electron chi connectivity index (χ4n) is 1.33. The molecule has 0 aromatic heterocycles. The maximum atomic E-state index is 5.18. The molecule has 0 aliphatic heterocycles. The van der Waals surface area contributed by atoms with Gasteiger partial charge in [0.2, 0.25) is 0 Å². The largest absolute Gasteiger partial charge is 0.352 e. The van der Waals surface area contributed by atoms with Crippen LogP contribution in [0.2, 0.25) is 0 Å². The second-order valence-corrected chi connectivity index (χ2v) is 4.88. The second kappa shape index (κ2) is 6.74. The van der Waals surface area contributed by atoms with E-state index in [2.05, 4.69) is 25.6 Å². The Balaban J connectivity index is 2.70. The molecule has 0 saturated heterocycles. The van der Waals surface area contributed by atoms with Crippen LogP contribution in [0, 0.1) is 0 Å². The molecular formula is C13H18O2S. The molecule has 0 bridgehead atoms. The van der Waals surface area contributed by atoms with E-state index in [1.165, 1.54) is 4.90 Å². The van der Waals surface area contributed by atoms with Gasteiger partial charge < -0.3 is 9.47 Å². The number of methoxy groups -OCH3 is 2. The molecule has 1 rings (SSSR count). The standard InChI is InChI=1S/C13H18O2S/c1-5-10(2)16-12-8-6-11(7-9-12)13(14-3)15-4/h5-10,13H,1H2,2-4H3. The summed E-state index contributed by atoms with van der Waals surface area (Å²) < 4.78 is 10.4. The van der Waals surface area contributed by atoms with Crippen molar-refractivity contribution >= 4 is 11.8 Å². The van der Waals surface area contributed by atoms with E-state index in [1.54, 1.807) is 26.0 Å². The predicted octanol–water partition coefficient (Wildman–Crippen LogP) is 3.64. The first-order valence-corrected chi connectivity index (χ1v) is 6.04. The molecule has 0 aliphatic rings. The van der Waals surface area contributed by atoms with Crippen molar-refractivity contribution in [2.24, 2.45) is 0 Å². The van der Waals surface area contributed by atoms with Gasteiger partial charge in [0, 0.05) is 29.9 Å². The quantitative estimate of drug-likeness (QED) is 0.428. The first kappa shape index (κ1) is 13.3. The van der Waals surface area contributed by atoms with Crippen LogP contribution in [0.3, 0.4) is 0 Å². The van der Waals surface area contributed by atoms with Crippen LogP contribution < -0.4 is 0 Å². The maximum absolute atomic E-state index is 5.18. The molecule has 0 N–H and O–H groups in total. The van der Waals surface area contributed by atoms with Crippen LogP contribution in [-0.2, 0) is 9.47 Å². The van der Waals surface area contributed by atoms with Crippen LogP contribution in [0.25, 0.3) is 0 Å². The highest BCUT2D eigenvalue weighted by molar-refractivity contribution is 8.00. The SMILES string of the molecule is C=CC(C)Sc1ccc(C(OC)OC)cc1. The lowest BCUT2D eigenvalue weighted by atomic mass is 10.2. The highest BCUT2D eigenvalue weighted by Crippen LogP contribution is 2.26. The van der Waals surface area contributed by atoms with Crippen molar-refractivity contribution in [1.82, 2.24) is 0 Å². The first-order valence-electron chi connectivity index (χ1n) is 5.16. The second-order valence-electron chi connectivity index (χ2n) is 3.43. The predicted molar refractivity (Wildman–Crippen MR) is 68.7 cm³/mol. The number of ether oxygens (including phenoxy) is 2. The van der Waals surface area contributed by atoms with E-state index < -0.39 is 0 Å².